The van der Waals surface area contributed by atoms with Gasteiger partial charge in [-0.2, -0.15) is 0 Å². The largest absolute Gasteiger partial charge is 0.495 e. The Morgan fingerprint density at radius 3 is 2.47 bits per heavy atom. The standard InChI is InChI=1S/C13H14N2O3S/c1-10-3-4-12(18-2)13(9-10)19(16,17)15-11-5-7-14-8-6-11/h3-9H,1-2H3,(H,14,15). The summed E-state index contributed by atoms with van der Waals surface area (Å²) in [6.45, 7) is 1.82. The minimum Gasteiger partial charge on any atom is -0.495 e. The van der Waals surface area contributed by atoms with Gasteiger partial charge in [0.1, 0.15) is 10.6 Å². The summed E-state index contributed by atoms with van der Waals surface area (Å²) in [5.74, 6) is 0.312. The fraction of sp³-hybridized carbons (Fsp3) is 0.154. The number of ether oxygens (including phenoxy) is 1. The van der Waals surface area contributed by atoms with Crippen molar-refractivity contribution < 1.29 is 13.2 Å². The number of rotatable bonds is 4. The lowest BCUT2D eigenvalue weighted by Gasteiger charge is -2.12. The van der Waals surface area contributed by atoms with Crippen LogP contribution in [-0.2, 0) is 10.0 Å². The van der Waals surface area contributed by atoms with E-state index in [1.807, 2.05) is 6.92 Å². The molecular formula is C13H14N2O3S. The van der Waals surface area contributed by atoms with Crippen molar-refractivity contribution in [3.05, 3.63) is 48.3 Å². The molecule has 2 rings (SSSR count). The maximum absolute atomic E-state index is 12.3. The Labute approximate surface area is 112 Å². The van der Waals surface area contributed by atoms with Crippen molar-refractivity contribution in [1.29, 1.82) is 0 Å². The normalized spacial score (nSPS) is 11.1. The third-order valence-electron chi connectivity index (χ3n) is 2.54. The fourth-order valence-electron chi connectivity index (χ4n) is 1.62. The molecule has 0 bridgehead atoms. The van der Waals surface area contributed by atoms with Gasteiger partial charge in [0.25, 0.3) is 10.0 Å². The summed E-state index contributed by atoms with van der Waals surface area (Å²) < 4.78 is 32.2. The van der Waals surface area contributed by atoms with Gasteiger partial charge in [-0.15, -0.1) is 0 Å². The minimum atomic E-state index is -3.68. The van der Waals surface area contributed by atoms with Crippen molar-refractivity contribution in [2.45, 2.75) is 11.8 Å². The topological polar surface area (TPSA) is 68.3 Å². The summed E-state index contributed by atoms with van der Waals surface area (Å²) in [7, 11) is -2.24. The second kappa shape index (κ2) is 5.27. The van der Waals surface area contributed by atoms with Gasteiger partial charge in [0.2, 0.25) is 0 Å². The van der Waals surface area contributed by atoms with Crippen LogP contribution in [-0.4, -0.2) is 20.5 Å². The highest BCUT2D eigenvalue weighted by Gasteiger charge is 2.19. The Hall–Kier alpha value is -2.08. The van der Waals surface area contributed by atoms with Crippen LogP contribution in [0.3, 0.4) is 0 Å². The van der Waals surface area contributed by atoms with Crippen molar-refractivity contribution in [2.75, 3.05) is 11.8 Å². The van der Waals surface area contributed by atoms with E-state index in [0.29, 0.717) is 11.4 Å². The maximum Gasteiger partial charge on any atom is 0.265 e. The summed E-state index contributed by atoms with van der Waals surface area (Å²) in [5.41, 5.74) is 1.30. The van der Waals surface area contributed by atoms with E-state index in [-0.39, 0.29) is 4.90 Å². The summed E-state index contributed by atoms with van der Waals surface area (Å²) in [6.07, 6.45) is 3.04. The Morgan fingerprint density at radius 2 is 1.84 bits per heavy atom. The van der Waals surface area contributed by atoms with E-state index in [4.69, 9.17) is 4.74 Å². The number of hydrogen-bond donors (Lipinski definition) is 1. The number of benzene rings is 1. The summed E-state index contributed by atoms with van der Waals surface area (Å²) in [5, 5.41) is 0. The highest BCUT2D eigenvalue weighted by atomic mass is 32.2. The Bertz CT molecular complexity index is 670. The molecule has 0 amide bonds. The molecule has 0 aliphatic rings. The van der Waals surface area contributed by atoms with Gasteiger partial charge in [0.15, 0.2) is 0 Å². The van der Waals surface area contributed by atoms with Crippen LogP contribution in [0.1, 0.15) is 5.56 Å². The Morgan fingerprint density at radius 1 is 1.16 bits per heavy atom. The first kappa shape index (κ1) is 13.4. The third kappa shape index (κ3) is 3.03. The molecule has 1 N–H and O–H groups in total. The molecule has 0 radical (unpaired) electrons. The van der Waals surface area contributed by atoms with Crippen molar-refractivity contribution in [2.24, 2.45) is 0 Å². The van der Waals surface area contributed by atoms with E-state index in [9.17, 15) is 8.42 Å². The number of methoxy groups -OCH3 is 1. The van der Waals surface area contributed by atoms with Crippen LogP contribution in [0, 0.1) is 6.92 Å². The van der Waals surface area contributed by atoms with Gasteiger partial charge >= 0.3 is 0 Å². The van der Waals surface area contributed by atoms with Crippen molar-refractivity contribution in [3.8, 4) is 5.75 Å². The Kier molecular flexibility index (Phi) is 3.71. The first-order valence-corrected chi connectivity index (χ1v) is 7.09. The van der Waals surface area contributed by atoms with E-state index < -0.39 is 10.0 Å². The van der Waals surface area contributed by atoms with E-state index in [0.717, 1.165) is 5.56 Å². The molecular weight excluding hydrogens is 264 g/mol. The van der Waals surface area contributed by atoms with Crippen LogP contribution in [0.2, 0.25) is 0 Å². The number of anilines is 1. The molecule has 1 aromatic carbocycles. The number of hydrogen-bond acceptors (Lipinski definition) is 4. The van der Waals surface area contributed by atoms with Gasteiger partial charge < -0.3 is 4.74 Å². The summed E-state index contributed by atoms with van der Waals surface area (Å²) in [4.78, 5) is 3.95. The Balaban J connectivity index is 2.42. The van der Waals surface area contributed by atoms with Gasteiger partial charge in [0, 0.05) is 12.4 Å². The molecule has 1 aromatic heterocycles. The SMILES string of the molecule is COc1ccc(C)cc1S(=O)(=O)Nc1ccncc1. The second-order valence-corrected chi connectivity index (χ2v) is 5.65. The highest BCUT2D eigenvalue weighted by Crippen LogP contribution is 2.26. The molecule has 0 aliphatic carbocycles. The molecule has 0 aliphatic heterocycles. The first-order chi connectivity index (χ1) is 9.03. The predicted octanol–water partition coefficient (Wildman–Crippen LogP) is 2.20. The average molecular weight is 278 g/mol. The molecule has 19 heavy (non-hydrogen) atoms. The van der Waals surface area contributed by atoms with Crippen molar-refractivity contribution in [1.82, 2.24) is 4.98 Å². The lowest BCUT2D eigenvalue weighted by atomic mass is 10.2. The monoisotopic (exact) mass is 278 g/mol. The lowest BCUT2D eigenvalue weighted by molar-refractivity contribution is 0.402. The van der Waals surface area contributed by atoms with E-state index in [1.165, 1.54) is 19.5 Å². The van der Waals surface area contributed by atoms with Gasteiger partial charge in [-0.25, -0.2) is 8.42 Å². The van der Waals surface area contributed by atoms with E-state index >= 15 is 0 Å². The van der Waals surface area contributed by atoms with Crippen molar-refractivity contribution >= 4 is 15.7 Å². The maximum atomic E-state index is 12.3. The van der Waals surface area contributed by atoms with Gasteiger partial charge in [-0.1, -0.05) is 6.07 Å². The second-order valence-electron chi connectivity index (χ2n) is 4.00. The van der Waals surface area contributed by atoms with Crippen LogP contribution in [0.4, 0.5) is 5.69 Å². The molecule has 0 spiro atoms. The van der Waals surface area contributed by atoms with Crippen LogP contribution in [0.25, 0.3) is 0 Å². The van der Waals surface area contributed by atoms with Crippen molar-refractivity contribution in [3.63, 3.8) is 0 Å². The molecule has 0 unspecified atom stereocenters. The van der Waals surface area contributed by atoms with Crippen LogP contribution in [0.15, 0.2) is 47.6 Å². The molecule has 0 fully saturated rings. The number of nitrogens with zero attached hydrogens (tertiary/aromatic N) is 1. The minimum absolute atomic E-state index is 0.117. The first-order valence-electron chi connectivity index (χ1n) is 5.60. The molecule has 100 valence electrons. The zero-order valence-corrected chi connectivity index (χ0v) is 11.4. The summed E-state index contributed by atoms with van der Waals surface area (Å²) in [6, 6.07) is 8.17. The van der Waals surface area contributed by atoms with E-state index in [2.05, 4.69) is 9.71 Å². The highest BCUT2D eigenvalue weighted by molar-refractivity contribution is 7.92. The number of nitrogens with one attached hydrogen (secondary N) is 1. The number of pyridine rings is 1. The van der Waals surface area contributed by atoms with Crippen LogP contribution in [0.5, 0.6) is 5.75 Å². The molecule has 0 atom stereocenters. The summed E-state index contributed by atoms with van der Waals surface area (Å²) >= 11 is 0. The molecule has 6 heteroatoms. The zero-order valence-electron chi connectivity index (χ0n) is 10.6. The van der Waals surface area contributed by atoms with E-state index in [1.54, 1.807) is 30.3 Å². The molecule has 0 saturated carbocycles. The average Bonchev–Trinajstić information content (AvgIpc) is 2.39. The zero-order chi connectivity index (χ0) is 13.9. The molecule has 1 heterocycles. The molecule has 0 saturated heterocycles. The van der Waals surface area contributed by atoms with Gasteiger partial charge in [-0.05, 0) is 36.8 Å². The number of sulfonamides is 1. The van der Waals surface area contributed by atoms with Gasteiger partial charge in [-0.3, -0.25) is 9.71 Å². The van der Waals surface area contributed by atoms with Gasteiger partial charge in [0.05, 0.1) is 12.8 Å². The smallest absolute Gasteiger partial charge is 0.265 e. The molecule has 5 nitrogen and oxygen atoms in total. The predicted molar refractivity (Wildman–Crippen MR) is 72.8 cm³/mol. The lowest BCUT2D eigenvalue weighted by Crippen LogP contribution is -2.14. The number of aromatic nitrogens is 1. The third-order valence-corrected chi connectivity index (χ3v) is 3.94. The number of aryl methyl sites for hydroxylation is 1. The quantitative estimate of drug-likeness (QED) is 0.931. The van der Waals surface area contributed by atoms with Crippen LogP contribution < -0.4 is 9.46 Å². The molecule has 2 aromatic rings. The fourth-order valence-corrected chi connectivity index (χ4v) is 2.94. The van der Waals surface area contributed by atoms with Crippen LogP contribution >= 0.6 is 0 Å².